The summed E-state index contributed by atoms with van der Waals surface area (Å²) in [6.07, 6.45) is 2.91. The third kappa shape index (κ3) is 1.35. The lowest BCUT2D eigenvalue weighted by atomic mass is 10.3. The molecule has 14 heavy (non-hydrogen) atoms. The summed E-state index contributed by atoms with van der Waals surface area (Å²) in [4.78, 5) is 4.54. The number of halogens is 1. The molecule has 2 aromatic rings. The minimum atomic E-state index is 0.525. The minimum absolute atomic E-state index is 0.525. The van der Waals surface area contributed by atoms with Crippen LogP contribution in [0.1, 0.15) is 18.2 Å². The van der Waals surface area contributed by atoms with Gasteiger partial charge < -0.3 is 5.73 Å². The normalized spacial score (nSPS) is 11.1. The van der Waals surface area contributed by atoms with Gasteiger partial charge in [-0.05, 0) is 28.4 Å². The van der Waals surface area contributed by atoms with E-state index < -0.39 is 0 Å². The van der Waals surface area contributed by atoms with Crippen LogP contribution in [0.2, 0.25) is 0 Å². The number of hydrogen-bond acceptors (Lipinski definition) is 2. The van der Waals surface area contributed by atoms with Crippen LogP contribution in [0.3, 0.4) is 0 Å². The Balaban J connectivity index is 2.77. The molecule has 2 rings (SSSR count). The maximum Gasteiger partial charge on any atom is 0.142 e. The first kappa shape index (κ1) is 9.68. The van der Waals surface area contributed by atoms with Gasteiger partial charge >= 0.3 is 0 Å². The first-order chi connectivity index (χ1) is 6.77. The molecular weight excluding hydrogens is 242 g/mol. The molecule has 2 aromatic heterocycles. The summed E-state index contributed by atoms with van der Waals surface area (Å²) >= 11 is 3.53. The number of imidazole rings is 1. The molecule has 3 nitrogen and oxygen atoms in total. The average Bonchev–Trinajstić information content (AvgIpc) is 2.55. The molecule has 0 radical (unpaired) electrons. The van der Waals surface area contributed by atoms with Gasteiger partial charge in [0.25, 0.3) is 0 Å². The fourth-order valence-corrected chi connectivity index (χ4v) is 2.18. The van der Waals surface area contributed by atoms with Crippen LogP contribution in [0.4, 0.5) is 0 Å². The Labute approximate surface area is 91.1 Å². The maximum absolute atomic E-state index is 5.65. The molecule has 0 saturated heterocycles. The first-order valence-corrected chi connectivity index (χ1v) is 5.41. The number of pyridine rings is 1. The van der Waals surface area contributed by atoms with Crippen molar-refractivity contribution < 1.29 is 0 Å². The van der Waals surface area contributed by atoms with Gasteiger partial charge in [-0.3, -0.25) is 4.40 Å². The summed E-state index contributed by atoms with van der Waals surface area (Å²) in [5, 5.41) is 0. The van der Waals surface area contributed by atoms with E-state index in [9.17, 15) is 0 Å². The van der Waals surface area contributed by atoms with E-state index in [0.29, 0.717) is 6.54 Å². The highest BCUT2D eigenvalue weighted by atomic mass is 79.9. The average molecular weight is 254 g/mol. The van der Waals surface area contributed by atoms with Gasteiger partial charge in [0.05, 0.1) is 5.69 Å². The maximum atomic E-state index is 5.65. The standard InChI is InChI=1S/C10H12BrN3/c1-2-8-9(11)14-5-3-4-7(6-12)10(14)13-8/h3-5H,2,6,12H2,1H3. The molecular formula is C10H12BrN3. The molecule has 0 amide bonds. The lowest BCUT2D eigenvalue weighted by molar-refractivity contribution is 1.04. The molecule has 2 N–H and O–H groups in total. The number of hydrogen-bond donors (Lipinski definition) is 1. The second-order valence-corrected chi connectivity index (χ2v) is 3.89. The van der Waals surface area contributed by atoms with Gasteiger partial charge in [-0.1, -0.05) is 13.0 Å². The zero-order chi connectivity index (χ0) is 10.1. The summed E-state index contributed by atoms with van der Waals surface area (Å²) in [5.74, 6) is 0. The predicted molar refractivity (Wildman–Crippen MR) is 60.2 cm³/mol. The van der Waals surface area contributed by atoms with Gasteiger partial charge in [0, 0.05) is 18.3 Å². The van der Waals surface area contributed by atoms with Crippen molar-refractivity contribution in [3.63, 3.8) is 0 Å². The summed E-state index contributed by atoms with van der Waals surface area (Å²) in [6, 6.07) is 4.00. The highest BCUT2D eigenvalue weighted by molar-refractivity contribution is 9.10. The van der Waals surface area contributed by atoms with Crippen LogP contribution in [0.15, 0.2) is 22.9 Å². The van der Waals surface area contributed by atoms with Crippen molar-refractivity contribution in [1.82, 2.24) is 9.38 Å². The summed E-state index contributed by atoms with van der Waals surface area (Å²) in [5.41, 5.74) is 8.76. The van der Waals surface area contributed by atoms with Crippen molar-refractivity contribution in [3.05, 3.63) is 34.2 Å². The van der Waals surface area contributed by atoms with Crippen LogP contribution in [0, 0.1) is 0 Å². The monoisotopic (exact) mass is 253 g/mol. The van der Waals surface area contributed by atoms with Gasteiger partial charge in [-0.25, -0.2) is 4.98 Å². The molecule has 0 aliphatic rings. The highest BCUT2D eigenvalue weighted by Gasteiger charge is 2.09. The van der Waals surface area contributed by atoms with E-state index in [1.165, 1.54) is 0 Å². The molecule has 74 valence electrons. The third-order valence-electron chi connectivity index (χ3n) is 2.29. The third-order valence-corrected chi connectivity index (χ3v) is 3.13. The summed E-state index contributed by atoms with van der Waals surface area (Å²) in [6.45, 7) is 2.62. The lowest BCUT2D eigenvalue weighted by Gasteiger charge is -1.99. The van der Waals surface area contributed by atoms with E-state index >= 15 is 0 Å². The van der Waals surface area contributed by atoms with Crippen molar-refractivity contribution in [2.45, 2.75) is 19.9 Å². The Hall–Kier alpha value is -0.870. The molecule has 0 aliphatic heterocycles. The Bertz CT molecular complexity index is 462. The van der Waals surface area contributed by atoms with E-state index in [4.69, 9.17) is 5.73 Å². The Morgan fingerprint density at radius 1 is 1.57 bits per heavy atom. The number of aromatic nitrogens is 2. The number of fused-ring (bicyclic) bond motifs is 1. The van der Waals surface area contributed by atoms with Gasteiger partial charge in [0.1, 0.15) is 10.3 Å². The molecule has 0 aliphatic carbocycles. The fraction of sp³-hybridized carbons (Fsp3) is 0.300. The Morgan fingerprint density at radius 2 is 2.36 bits per heavy atom. The number of rotatable bonds is 2. The predicted octanol–water partition coefficient (Wildman–Crippen LogP) is 2.12. The second-order valence-electron chi connectivity index (χ2n) is 3.13. The van der Waals surface area contributed by atoms with Crippen molar-refractivity contribution >= 4 is 21.6 Å². The van der Waals surface area contributed by atoms with Gasteiger partial charge in [0.2, 0.25) is 0 Å². The molecule has 0 fully saturated rings. The smallest absolute Gasteiger partial charge is 0.142 e. The van der Waals surface area contributed by atoms with Crippen LogP contribution in [-0.2, 0) is 13.0 Å². The quantitative estimate of drug-likeness (QED) is 0.891. The van der Waals surface area contributed by atoms with Gasteiger partial charge in [-0.15, -0.1) is 0 Å². The second kappa shape index (κ2) is 3.71. The van der Waals surface area contributed by atoms with E-state index in [1.807, 2.05) is 22.7 Å². The number of nitrogens with zero attached hydrogens (tertiary/aromatic N) is 2. The summed E-state index contributed by atoms with van der Waals surface area (Å²) < 4.78 is 3.06. The molecule has 0 saturated carbocycles. The van der Waals surface area contributed by atoms with E-state index in [0.717, 1.165) is 27.9 Å². The summed E-state index contributed by atoms with van der Waals surface area (Å²) in [7, 11) is 0. The zero-order valence-electron chi connectivity index (χ0n) is 8.00. The zero-order valence-corrected chi connectivity index (χ0v) is 9.58. The Kier molecular flexibility index (Phi) is 2.56. The Morgan fingerprint density at radius 3 is 3.00 bits per heavy atom. The van der Waals surface area contributed by atoms with E-state index in [2.05, 4.69) is 27.8 Å². The number of aryl methyl sites for hydroxylation is 1. The topological polar surface area (TPSA) is 43.3 Å². The molecule has 0 atom stereocenters. The van der Waals surface area contributed by atoms with Crippen LogP contribution in [-0.4, -0.2) is 9.38 Å². The van der Waals surface area contributed by atoms with Gasteiger partial charge in [-0.2, -0.15) is 0 Å². The van der Waals surface area contributed by atoms with Crippen molar-refractivity contribution in [3.8, 4) is 0 Å². The minimum Gasteiger partial charge on any atom is -0.326 e. The van der Waals surface area contributed by atoms with Crippen LogP contribution >= 0.6 is 15.9 Å². The number of nitrogens with two attached hydrogens (primary N) is 1. The van der Waals surface area contributed by atoms with Crippen molar-refractivity contribution in [1.29, 1.82) is 0 Å². The van der Waals surface area contributed by atoms with E-state index in [-0.39, 0.29) is 0 Å². The SMILES string of the molecule is CCc1nc2c(CN)cccn2c1Br. The molecule has 4 heteroatoms. The van der Waals surface area contributed by atoms with E-state index in [1.54, 1.807) is 0 Å². The first-order valence-electron chi connectivity index (χ1n) is 4.62. The lowest BCUT2D eigenvalue weighted by Crippen LogP contribution is -1.99. The molecule has 2 heterocycles. The van der Waals surface area contributed by atoms with Crippen molar-refractivity contribution in [2.24, 2.45) is 5.73 Å². The fourth-order valence-electron chi connectivity index (χ4n) is 1.53. The van der Waals surface area contributed by atoms with Gasteiger partial charge in [0.15, 0.2) is 0 Å². The van der Waals surface area contributed by atoms with Crippen LogP contribution < -0.4 is 5.73 Å². The largest absolute Gasteiger partial charge is 0.326 e. The van der Waals surface area contributed by atoms with Crippen LogP contribution in [0.5, 0.6) is 0 Å². The highest BCUT2D eigenvalue weighted by Crippen LogP contribution is 2.21. The molecule has 0 aromatic carbocycles. The molecule has 0 spiro atoms. The van der Waals surface area contributed by atoms with Crippen molar-refractivity contribution in [2.75, 3.05) is 0 Å². The molecule has 0 bridgehead atoms. The van der Waals surface area contributed by atoms with Crippen LogP contribution in [0.25, 0.3) is 5.65 Å². The molecule has 0 unspecified atom stereocenters.